The number of carbonyl (C=O) groups is 1. The van der Waals surface area contributed by atoms with Crippen molar-refractivity contribution in [2.75, 3.05) is 26.0 Å². The van der Waals surface area contributed by atoms with E-state index in [2.05, 4.69) is 21.8 Å². The van der Waals surface area contributed by atoms with Crippen molar-refractivity contribution in [3.8, 4) is 5.75 Å². The summed E-state index contributed by atoms with van der Waals surface area (Å²) in [5.41, 5.74) is 2.01. The zero-order chi connectivity index (χ0) is 18.5. The first-order valence-electron chi connectivity index (χ1n) is 8.63. The molecule has 2 atom stereocenters. The summed E-state index contributed by atoms with van der Waals surface area (Å²) in [5, 5.41) is 10.4. The van der Waals surface area contributed by atoms with Crippen LogP contribution in [0.25, 0.3) is 0 Å². The third-order valence-electron chi connectivity index (χ3n) is 4.60. The van der Waals surface area contributed by atoms with Gasteiger partial charge in [0.05, 0.1) is 13.0 Å². The monoisotopic (exact) mass is 373 g/mol. The lowest BCUT2D eigenvalue weighted by Crippen LogP contribution is -2.23. The van der Waals surface area contributed by atoms with Gasteiger partial charge in [-0.15, -0.1) is 0 Å². The number of rotatable bonds is 7. The van der Waals surface area contributed by atoms with Crippen molar-refractivity contribution in [3.05, 3.63) is 47.8 Å². The van der Waals surface area contributed by atoms with Crippen molar-refractivity contribution in [3.63, 3.8) is 0 Å². The minimum absolute atomic E-state index is 0.0570. The number of likely N-dealkylation sites (tertiary alicyclic amines) is 1. The van der Waals surface area contributed by atoms with Gasteiger partial charge >= 0.3 is 5.97 Å². The van der Waals surface area contributed by atoms with E-state index in [9.17, 15) is 9.90 Å². The van der Waals surface area contributed by atoms with Crippen LogP contribution in [0.4, 0.5) is 0 Å². The fourth-order valence-electron chi connectivity index (χ4n) is 3.36. The molecule has 2 heterocycles. The molecule has 1 fully saturated rings. The summed E-state index contributed by atoms with van der Waals surface area (Å²) in [5.74, 6) is 0.443. The number of benzene rings is 1. The largest absolute Gasteiger partial charge is 0.497 e. The molecule has 1 N–H and O–H groups in total. The first-order valence-corrected chi connectivity index (χ1v) is 9.62. The maximum atomic E-state index is 11.8. The number of thioether (sulfide) groups is 1. The number of ether oxygens (including phenoxy) is 1. The second-order valence-electron chi connectivity index (χ2n) is 6.33. The summed E-state index contributed by atoms with van der Waals surface area (Å²) in [4.78, 5) is 22.6. The summed E-state index contributed by atoms with van der Waals surface area (Å²) >= 11 is 1.61. The van der Waals surface area contributed by atoms with Gasteiger partial charge in [0, 0.05) is 43.5 Å². The van der Waals surface area contributed by atoms with Crippen LogP contribution >= 0.6 is 11.8 Å². The van der Waals surface area contributed by atoms with Crippen molar-refractivity contribution in [1.29, 1.82) is 0 Å². The molecule has 1 aliphatic heterocycles. The lowest BCUT2D eigenvalue weighted by Gasteiger charge is -2.16. The van der Waals surface area contributed by atoms with Gasteiger partial charge in [-0.3, -0.25) is 9.69 Å². The topological polar surface area (TPSA) is 75.6 Å². The number of hydrogen-bond acceptors (Lipinski definition) is 6. The fourth-order valence-corrected chi connectivity index (χ4v) is 3.87. The molecule has 0 aliphatic carbocycles. The van der Waals surface area contributed by atoms with E-state index in [1.807, 2.05) is 36.7 Å². The van der Waals surface area contributed by atoms with E-state index < -0.39 is 11.9 Å². The minimum atomic E-state index is -0.758. The van der Waals surface area contributed by atoms with Crippen molar-refractivity contribution in [1.82, 2.24) is 14.9 Å². The predicted molar refractivity (Wildman–Crippen MR) is 101 cm³/mol. The van der Waals surface area contributed by atoms with Crippen LogP contribution in [0.15, 0.2) is 41.8 Å². The van der Waals surface area contributed by atoms with Gasteiger partial charge in [-0.05, 0) is 23.4 Å². The van der Waals surface area contributed by atoms with Gasteiger partial charge in [-0.1, -0.05) is 30.8 Å². The highest BCUT2D eigenvalue weighted by Gasteiger charge is 2.38. The normalized spacial score (nSPS) is 20.2. The van der Waals surface area contributed by atoms with Gasteiger partial charge < -0.3 is 9.84 Å². The molecular weight excluding hydrogens is 350 g/mol. The number of carboxylic acid groups (broad SMARTS) is 1. The second kappa shape index (κ2) is 8.51. The summed E-state index contributed by atoms with van der Waals surface area (Å²) in [6.45, 7) is 3.93. The van der Waals surface area contributed by atoms with E-state index in [4.69, 9.17) is 4.74 Å². The van der Waals surface area contributed by atoms with Crippen LogP contribution in [-0.2, 0) is 11.3 Å². The summed E-state index contributed by atoms with van der Waals surface area (Å²) in [7, 11) is 1.62. The fraction of sp³-hybridized carbons (Fsp3) is 0.421. The maximum Gasteiger partial charge on any atom is 0.308 e. The SMILES string of the molecule is CCSc1ncc(CN2C[C@H](C(=O)O)[C@@H](c3cccc(OC)c3)C2)cn1. The van der Waals surface area contributed by atoms with Crippen LogP contribution in [0.3, 0.4) is 0 Å². The van der Waals surface area contributed by atoms with Gasteiger partial charge in [0.1, 0.15) is 5.75 Å². The van der Waals surface area contributed by atoms with Gasteiger partial charge in [-0.25, -0.2) is 9.97 Å². The molecule has 1 aromatic carbocycles. The number of aliphatic carboxylic acids is 1. The Morgan fingerprint density at radius 1 is 1.35 bits per heavy atom. The number of hydrogen-bond donors (Lipinski definition) is 1. The van der Waals surface area contributed by atoms with Crippen molar-refractivity contribution in [2.45, 2.75) is 24.5 Å². The highest BCUT2D eigenvalue weighted by atomic mass is 32.2. The molecule has 2 aromatic rings. The molecule has 1 saturated heterocycles. The third-order valence-corrected chi connectivity index (χ3v) is 5.35. The lowest BCUT2D eigenvalue weighted by molar-refractivity contribution is -0.141. The Morgan fingerprint density at radius 2 is 2.12 bits per heavy atom. The highest BCUT2D eigenvalue weighted by molar-refractivity contribution is 7.99. The average molecular weight is 373 g/mol. The molecule has 0 bridgehead atoms. The quantitative estimate of drug-likeness (QED) is 0.591. The maximum absolute atomic E-state index is 11.8. The standard InChI is InChI=1S/C19H23N3O3S/c1-3-26-19-20-8-13(9-21-19)10-22-11-16(17(12-22)18(23)24)14-5-4-6-15(7-14)25-2/h4-9,16-17H,3,10-12H2,1-2H3,(H,23,24)/t16-,17+/m1/s1. The first kappa shape index (κ1) is 18.7. The highest BCUT2D eigenvalue weighted by Crippen LogP contribution is 2.35. The van der Waals surface area contributed by atoms with Crippen LogP contribution < -0.4 is 4.74 Å². The summed E-state index contributed by atoms with van der Waals surface area (Å²) < 4.78 is 5.28. The number of carboxylic acids is 1. The second-order valence-corrected chi connectivity index (χ2v) is 7.56. The molecule has 0 radical (unpaired) electrons. The molecule has 0 amide bonds. The number of aromatic nitrogens is 2. The molecule has 7 heteroatoms. The third kappa shape index (κ3) is 4.34. The molecule has 0 unspecified atom stereocenters. The van der Waals surface area contributed by atoms with Crippen LogP contribution in [0.5, 0.6) is 5.75 Å². The van der Waals surface area contributed by atoms with Gasteiger partial charge in [0.2, 0.25) is 0 Å². The molecule has 1 aromatic heterocycles. The molecule has 3 rings (SSSR count). The Kier molecular flexibility index (Phi) is 6.11. The first-order chi connectivity index (χ1) is 12.6. The van der Waals surface area contributed by atoms with E-state index in [1.54, 1.807) is 18.9 Å². The molecule has 6 nitrogen and oxygen atoms in total. The molecule has 1 aliphatic rings. The Labute approximate surface area is 157 Å². The molecule has 138 valence electrons. The zero-order valence-electron chi connectivity index (χ0n) is 15.0. The summed E-state index contributed by atoms with van der Waals surface area (Å²) in [6.07, 6.45) is 3.67. The Morgan fingerprint density at radius 3 is 2.77 bits per heavy atom. The number of methoxy groups -OCH3 is 1. The van der Waals surface area contributed by atoms with Crippen molar-refractivity contribution in [2.24, 2.45) is 5.92 Å². The Bertz CT molecular complexity index is 754. The molecular formula is C19H23N3O3S. The van der Waals surface area contributed by atoms with E-state index in [0.29, 0.717) is 19.6 Å². The molecule has 26 heavy (non-hydrogen) atoms. The van der Waals surface area contributed by atoms with Crippen LogP contribution in [0.1, 0.15) is 24.0 Å². The van der Waals surface area contributed by atoms with Gasteiger partial charge in [0.15, 0.2) is 5.16 Å². The van der Waals surface area contributed by atoms with E-state index in [0.717, 1.165) is 27.8 Å². The van der Waals surface area contributed by atoms with Gasteiger partial charge in [0.25, 0.3) is 0 Å². The average Bonchev–Trinajstić information content (AvgIpc) is 3.08. The lowest BCUT2D eigenvalue weighted by atomic mass is 9.89. The van der Waals surface area contributed by atoms with Gasteiger partial charge in [-0.2, -0.15) is 0 Å². The molecule has 0 spiro atoms. The summed E-state index contributed by atoms with van der Waals surface area (Å²) in [6, 6.07) is 7.70. The predicted octanol–water partition coefficient (Wildman–Crippen LogP) is 2.90. The van der Waals surface area contributed by atoms with Crippen molar-refractivity contribution < 1.29 is 14.6 Å². The van der Waals surface area contributed by atoms with Crippen LogP contribution in [0, 0.1) is 5.92 Å². The van der Waals surface area contributed by atoms with E-state index in [1.165, 1.54) is 0 Å². The molecule has 0 saturated carbocycles. The Hall–Kier alpha value is -2.12. The van der Waals surface area contributed by atoms with E-state index >= 15 is 0 Å². The number of nitrogens with zero attached hydrogens (tertiary/aromatic N) is 3. The minimum Gasteiger partial charge on any atom is -0.497 e. The Balaban J connectivity index is 1.73. The van der Waals surface area contributed by atoms with Crippen molar-refractivity contribution >= 4 is 17.7 Å². The van der Waals surface area contributed by atoms with Crippen LogP contribution in [-0.4, -0.2) is 51.9 Å². The van der Waals surface area contributed by atoms with Crippen LogP contribution in [0.2, 0.25) is 0 Å². The zero-order valence-corrected chi connectivity index (χ0v) is 15.8. The van der Waals surface area contributed by atoms with E-state index in [-0.39, 0.29) is 5.92 Å². The smallest absolute Gasteiger partial charge is 0.308 e.